The molecule has 1 aromatic rings. The van der Waals surface area contributed by atoms with Crippen LogP contribution in [0, 0.1) is 0 Å². The number of nitrogens with two attached hydrogens (primary N) is 1. The Balaban J connectivity index is 2.37. The highest BCUT2D eigenvalue weighted by molar-refractivity contribution is 7.80. The fourth-order valence-corrected chi connectivity index (χ4v) is 1.36. The minimum absolute atomic E-state index is 0.000409. The van der Waals surface area contributed by atoms with Crippen molar-refractivity contribution in [2.24, 2.45) is 5.73 Å². The van der Waals surface area contributed by atoms with Gasteiger partial charge >= 0.3 is 0 Å². The first-order chi connectivity index (χ1) is 8.63. The van der Waals surface area contributed by atoms with E-state index in [2.05, 4.69) is 5.32 Å². The standard InChI is InChI=1S/C12H16N2O3S/c1-16-6-7-17-8-11(15)14-10-4-2-9(3-5-10)12(13)18/h2-5H,6-8H2,1H3,(H2,13,18)(H,14,15). The number of thiocarbonyl (C=S) groups is 1. The van der Waals surface area contributed by atoms with E-state index in [9.17, 15) is 4.79 Å². The summed E-state index contributed by atoms with van der Waals surface area (Å²) in [5, 5.41) is 2.70. The zero-order chi connectivity index (χ0) is 13.4. The fraction of sp³-hybridized carbons (Fsp3) is 0.333. The highest BCUT2D eigenvalue weighted by Crippen LogP contribution is 2.09. The number of amides is 1. The fourth-order valence-electron chi connectivity index (χ4n) is 1.22. The van der Waals surface area contributed by atoms with Gasteiger partial charge in [-0.15, -0.1) is 0 Å². The Morgan fingerprint density at radius 2 is 2.00 bits per heavy atom. The van der Waals surface area contributed by atoms with Crippen molar-refractivity contribution in [1.29, 1.82) is 0 Å². The van der Waals surface area contributed by atoms with Gasteiger partial charge in [-0.25, -0.2) is 0 Å². The summed E-state index contributed by atoms with van der Waals surface area (Å²) in [7, 11) is 1.58. The van der Waals surface area contributed by atoms with Crippen molar-refractivity contribution in [3.05, 3.63) is 29.8 Å². The zero-order valence-electron chi connectivity index (χ0n) is 10.1. The van der Waals surface area contributed by atoms with Crippen molar-refractivity contribution in [3.63, 3.8) is 0 Å². The largest absolute Gasteiger partial charge is 0.389 e. The summed E-state index contributed by atoms with van der Waals surface area (Å²) < 4.78 is 9.89. The molecule has 0 radical (unpaired) electrons. The molecular weight excluding hydrogens is 252 g/mol. The molecule has 0 atom stereocenters. The number of carbonyl (C=O) groups is 1. The number of ether oxygens (including phenoxy) is 2. The van der Waals surface area contributed by atoms with Crippen molar-refractivity contribution in [2.45, 2.75) is 0 Å². The predicted molar refractivity (Wildman–Crippen MR) is 73.7 cm³/mol. The molecule has 0 aliphatic rings. The monoisotopic (exact) mass is 268 g/mol. The van der Waals surface area contributed by atoms with Crippen LogP contribution in [0.4, 0.5) is 5.69 Å². The molecule has 3 N–H and O–H groups in total. The predicted octanol–water partition coefficient (Wildman–Crippen LogP) is 0.922. The van der Waals surface area contributed by atoms with Crippen molar-refractivity contribution < 1.29 is 14.3 Å². The maximum Gasteiger partial charge on any atom is 0.250 e. The van der Waals surface area contributed by atoms with Crippen LogP contribution in [0.5, 0.6) is 0 Å². The highest BCUT2D eigenvalue weighted by Gasteiger charge is 2.03. The number of hydrogen-bond acceptors (Lipinski definition) is 4. The van der Waals surface area contributed by atoms with Crippen LogP contribution in [0.2, 0.25) is 0 Å². The number of carbonyl (C=O) groups excluding carboxylic acids is 1. The SMILES string of the molecule is COCCOCC(=O)Nc1ccc(C(N)=S)cc1. The number of rotatable bonds is 7. The van der Waals surface area contributed by atoms with Gasteiger partial charge in [0, 0.05) is 18.4 Å². The first-order valence-corrected chi connectivity index (χ1v) is 5.80. The van der Waals surface area contributed by atoms with Gasteiger partial charge in [-0.05, 0) is 24.3 Å². The second kappa shape index (κ2) is 7.75. The van der Waals surface area contributed by atoms with E-state index in [1.165, 1.54) is 0 Å². The molecule has 0 aromatic heterocycles. The molecule has 98 valence electrons. The van der Waals surface area contributed by atoms with Crippen LogP contribution in [0.1, 0.15) is 5.56 Å². The Morgan fingerprint density at radius 3 is 2.56 bits per heavy atom. The van der Waals surface area contributed by atoms with E-state index in [4.69, 9.17) is 27.4 Å². The first kappa shape index (κ1) is 14.6. The first-order valence-electron chi connectivity index (χ1n) is 5.40. The summed E-state index contributed by atoms with van der Waals surface area (Å²) in [5.41, 5.74) is 6.91. The van der Waals surface area contributed by atoms with E-state index >= 15 is 0 Å². The Hall–Kier alpha value is -1.50. The van der Waals surface area contributed by atoms with Crippen LogP contribution in [-0.4, -0.2) is 37.8 Å². The number of nitrogens with one attached hydrogen (secondary N) is 1. The molecule has 1 rings (SSSR count). The Bertz CT molecular complexity index is 406. The van der Waals surface area contributed by atoms with Crippen LogP contribution >= 0.6 is 12.2 Å². The molecule has 0 spiro atoms. The van der Waals surface area contributed by atoms with E-state index in [-0.39, 0.29) is 12.5 Å². The third-order valence-corrected chi connectivity index (χ3v) is 2.35. The van der Waals surface area contributed by atoms with Gasteiger partial charge in [0.2, 0.25) is 5.91 Å². The van der Waals surface area contributed by atoms with E-state index in [1.807, 2.05) is 0 Å². The average molecular weight is 268 g/mol. The van der Waals surface area contributed by atoms with E-state index in [0.717, 1.165) is 5.56 Å². The summed E-state index contributed by atoms with van der Waals surface area (Å²) in [5.74, 6) is -0.214. The molecule has 0 aliphatic heterocycles. The molecule has 1 aromatic carbocycles. The van der Waals surface area contributed by atoms with Crippen LogP contribution in [0.3, 0.4) is 0 Å². The molecule has 0 saturated carbocycles. The molecule has 0 saturated heterocycles. The topological polar surface area (TPSA) is 73.6 Å². The summed E-state index contributed by atoms with van der Waals surface area (Å²) in [6.07, 6.45) is 0. The number of methoxy groups -OCH3 is 1. The average Bonchev–Trinajstić information content (AvgIpc) is 2.35. The highest BCUT2D eigenvalue weighted by atomic mass is 32.1. The third kappa shape index (κ3) is 5.22. The Labute approximate surface area is 111 Å². The maximum absolute atomic E-state index is 11.5. The quantitative estimate of drug-likeness (QED) is 0.568. The second-order valence-electron chi connectivity index (χ2n) is 3.54. The Morgan fingerprint density at radius 1 is 1.33 bits per heavy atom. The van der Waals surface area contributed by atoms with Gasteiger partial charge in [0.25, 0.3) is 0 Å². The van der Waals surface area contributed by atoms with Crippen LogP contribution in [0.25, 0.3) is 0 Å². The normalized spacial score (nSPS) is 10.1. The van der Waals surface area contributed by atoms with E-state index < -0.39 is 0 Å². The second-order valence-corrected chi connectivity index (χ2v) is 3.97. The molecule has 0 aliphatic carbocycles. The van der Waals surface area contributed by atoms with Gasteiger partial charge in [0.05, 0.1) is 13.2 Å². The van der Waals surface area contributed by atoms with Crippen molar-refractivity contribution in [1.82, 2.24) is 0 Å². The number of hydrogen-bond donors (Lipinski definition) is 2. The summed E-state index contributed by atoms with van der Waals surface area (Å²) in [4.78, 5) is 11.8. The Kier molecular flexibility index (Phi) is 6.27. The van der Waals surface area contributed by atoms with Gasteiger partial charge < -0.3 is 20.5 Å². The summed E-state index contributed by atoms with van der Waals surface area (Å²) in [6, 6.07) is 6.98. The van der Waals surface area contributed by atoms with Crippen molar-refractivity contribution in [3.8, 4) is 0 Å². The molecule has 0 bridgehead atoms. The molecule has 5 nitrogen and oxygen atoms in total. The minimum atomic E-state index is -0.214. The summed E-state index contributed by atoms with van der Waals surface area (Å²) >= 11 is 4.83. The van der Waals surface area contributed by atoms with E-state index in [0.29, 0.717) is 23.9 Å². The third-order valence-electron chi connectivity index (χ3n) is 2.12. The van der Waals surface area contributed by atoms with Crippen molar-refractivity contribution >= 4 is 28.8 Å². The lowest BCUT2D eigenvalue weighted by atomic mass is 10.2. The lowest BCUT2D eigenvalue weighted by Crippen LogP contribution is -2.19. The van der Waals surface area contributed by atoms with Gasteiger partial charge in [-0.2, -0.15) is 0 Å². The molecular formula is C12H16N2O3S. The lowest BCUT2D eigenvalue weighted by Gasteiger charge is -2.06. The van der Waals surface area contributed by atoms with Gasteiger partial charge in [0.15, 0.2) is 0 Å². The smallest absolute Gasteiger partial charge is 0.250 e. The number of anilines is 1. The molecule has 0 unspecified atom stereocenters. The molecule has 0 heterocycles. The van der Waals surface area contributed by atoms with Gasteiger partial charge in [-0.1, -0.05) is 12.2 Å². The maximum atomic E-state index is 11.5. The van der Waals surface area contributed by atoms with Gasteiger partial charge in [0.1, 0.15) is 11.6 Å². The van der Waals surface area contributed by atoms with Crippen LogP contribution < -0.4 is 11.1 Å². The molecule has 1 amide bonds. The molecule has 6 heteroatoms. The van der Waals surface area contributed by atoms with E-state index in [1.54, 1.807) is 31.4 Å². The zero-order valence-corrected chi connectivity index (χ0v) is 11.0. The minimum Gasteiger partial charge on any atom is -0.389 e. The number of benzene rings is 1. The van der Waals surface area contributed by atoms with Crippen LogP contribution in [0.15, 0.2) is 24.3 Å². The summed E-state index contributed by atoms with van der Waals surface area (Å²) in [6.45, 7) is 0.862. The van der Waals surface area contributed by atoms with Crippen LogP contribution in [-0.2, 0) is 14.3 Å². The van der Waals surface area contributed by atoms with Gasteiger partial charge in [-0.3, -0.25) is 4.79 Å². The van der Waals surface area contributed by atoms with Crippen molar-refractivity contribution in [2.75, 3.05) is 32.2 Å². The lowest BCUT2D eigenvalue weighted by molar-refractivity contribution is -0.121. The molecule has 18 heavy (non-hydrogen) atoms. The molecule has 0 fully saturated rings.